The maximum atomic E-state index is 11.9. The van der Waals surface area contributed by atoms with Crippen LogP contribution in [0.15, 0.2) is 42.6 Å². The zero-order valence-corrected chi connectivity index (χ0v) is 10.0. The molecule has 1 aromatic carbocycles. The van der Waals surface area contributed by atoms with Crippen LogP contribution in [0.3, 0.4) is 0 Å². The Balaban J connectivity index is 2.17. The molecule has 2 aromatic rings. The van der Waals surface area contributed by atoms with E-state index in [4.69, 9.17) is 11.6 Å². The van der Waals surface area contributed by atoms with Crippen LogP contribution in [0.25, 0.3) is 0 Å². The lowest BCUT2D eigenvalue weighted by atomic mass is 10.2. The molecule has 1 heterocycles. The van der Waals surface area contributed by atoms with Gasteiger partial charge in [-0.15, -0.1) is 0 Å². The van der Waals surface area contributed by atoms with Crippen molar-refractivity contribution in [2.24, 2.45) is 0 Å². The first kappa shape index (κ1) is 11.6. The highest BCUT2D eigenvalue weighted by Gasteiger charge is 2.06. The highest BCUT2D eigenvalue weighted by Crippen LogP contribution is 2.12. The van der Waals surface area contributed by atoms with Crippen LogP contribution in [0.4, 0.5) is 5.82 Å². The lowest BCUT2D eigenvalue weighted by Crippen LogP contribution is -2.12. The van der Waals surface area contributed by atoms with E-state index in [0.717, 1.165) is 5.56 Å². The van der Waals surface area contributed by atoms with Crippen LogP contribution in [-0.2, 0) is 0 Å². The quantitative estimate of drug-likeness (QED) is 0.884. The predicted octanol–water partition coefficient (Wildman–Crippen LogP) is 3.30. The number of benzene rings is 1. The Morgan fingerprint density at radius 3 is 2.82 bits per heavy atom. The number of aryl methyl sites for hydroxylation is 1. The molecule has 0 unspecified atom stereocenters. The van der Waals surface area contributed by atoms with E-state index in [1.807, 2.05) is 19.1 Å². The number of rotatable bonds is 2. The van der Waals surface area contributed by atoms with Gasteiger partial charge in [-0.3, -0.25) is 4.79 Å². The average Bonchev–Trinajstić information content (AvgIpc) is 2.29. The van der Waals surface area contributed by atoms with E-state index in [2.05, 4.69) is 10.3 Å². The molecular weight excluding hydrogens is 236 g/mol. The van der Waals surface area contributed by atoms with E-state index < -0.39 is 0 Å². The summed E-state index contributed by atoms with van der Waals surface area (Å²) in [6.45, 7) is 1.94. The Labute approximate surface area is 104 Å². The number of pyridine rings is 1. The fourth-order valence-electron chi connectivity index (χ4n) is 1.42. The highest BCUT2D eigenvalue weighted by atomic mass is 35.5. The molecule has 0 radical (unpaired) electrons. The van der Waals surface area contributed by atoms with Gasteiger partial charge in [0.2, 0.25) is 0 Å². The number of carbonyl (C=O) groups excluding carboxylic acids is 1. The van der Waals surface area contributed by atoms with Crippen LogP contribution < -0.4 is 5.32 Å². The molecule has 17 heavy (non-hydrogen) atoms. The molecule has 1 amide bonds. The maximum absolute atomic E-state index is 11.9. The van der Waals surface area contributed by atoms with Crippen molar-refractivity contribution in [1.29, 1.82) is 0 Å². The third kappa shape index (κ3) is 3.04. The van der Waals surface area contributed by atoms with E-state index in [9.17, 15) is 4.79 Å². The van der Waals surface area contributed by atoms with Gasteiger partial charge in [0.1, 0.15) is 5.82 Å². The van der Waals surface area contributed by atoms with Gasteiger partial charge in [0.15, 0.2) is 0 Å². The monoisotopic (exact) mass is 246 g/mol. The molecular formula is C13H11ClN2O. The van der Waals surface area contributed by atoms with Gasteiger partial charge in [-0.25, -0.2) is 4.98 Å². The molecule has 0 aliphatic carbocycles. The van der Waals surface area contributed by atoms with Crippen molar-refractivity contribution in [1.82, 2.24) is 4.98 Å². The molecule has 0 saturated heterocycles. The van der Waals surface area contributed by atoms with Crippen LogP contribution in [0.5, 0.6) is 0 Å². The number of nitrogens with zero attached hydrogens (tertiary/aromatic N) is 1. The van der Waals surface area contributed by atoms with E-state index in [0.29, 0.717) is 16.4 Å². The summed E-state index contributed by atoms with van der Waals surface area (Å²) in [6.07, 6.45) is 1.66. The topological polar surface area (TPSA) is 42.0 Å². The Morgan fingerprint density at radius 1 is 1.29 bits per heavy atom. The first-order valence-corrected chi connectivity index (χ1v) is 5.52. The summed E-state index contributed by atoms with van der Waals surface area (Å²) in [5, 5.41) is 3.25. The van der Waals surface area contributed by atoms with Crippen LogP contribution in [0, 0.1) is 6.92 Å². The number of hydrogen-bond donors (Lipinski definition) is 1. The van der Waals surface area contributed by atoms with Crippen molar-refractivity contribution in [2.45, 2.75) is 6.92 Å². The summed E-state index contributed by atoms with van der Waals surface area (Å²) < 4.78 is 0. The minimum Gasteiger partial charge on any atom is -0.307 e. The molecule has 2 rings (SSSR count). The zero-order valence-electron chi connectivity index (χ0n) is 9.27. The lowest BCUT2D eigenvalue weighted by Gasteiger charge is -2.05. The van der Waals surface area contributed by atoms with Crippen molar-refractivity contribution < 1.29 is 4.79 Å². The Bertz CT molecular complexity index is 555. The van der Waals surface area contributed by atoms with Crippen LogP contribution in [-0.4, -0.2) is 10.9 Å². The normalized spacial score (nSPS) is 10.0. The fraction of sp³-hybridized carbons (Fsp3) is 0.0769. The first-order chi connectivity index (χ1) is 8.15. The second-order valence-electron chi connectivity index (χ2n) is 3.68. The van der Waals surface area contributed by atoms with Crippen molar-refractivity contribution in [2.75, 3.05) is 5.32 Å². The van der Waals surface area contributed by atoms with E-state index in [-0.39, 0.29) is 5.91 Å². The fourth-order valence-corrected chi connectivity index (χ4v) is 1.61. The van der Waals surface area contributed by atoms with Gasteiger partial charge in [0, 0.05) is 16.8 Å². The molecule has 1 aromatic heterocycles. The largest absolute Gasteiger partial charge is 0.307 e. The lowest BCUT2D eigenvalue weighted by molar-refractivity contribution is 0.102. The summed E-state index contributed by atoms with van der Waals surface area (Å²) in [7, 11) is 0. The van der Waals surface area contributed by atoms with Crippen molar-refractivity contribution in [3.05, 3.63) is 58.7 Å². The Kier molecular flexibility index (Phi) is 3.40. The van der Waals surface area contributed by atoms with E-state index >= 15 is 0 Å². The molecule has 0 fully saturated rings. The third-order valence-electron chi connectivity index (χ3n) is 2.24. The van der Waals surface area contributed by atoms with Crippen molar-refractivity contribution in [3.8, 4) is 0 Å². The molecule has 0 spiro atoms. The average molecular weight is 247 g/mol. The number of hydrogen-bond acceptors (Lipinski definition) is 2. The van der Waals surface area contributed by atoms with Gasteiger partial charge in [-0.1, -0.05) is 17.7 Å². The van der Waals surface area contributed by atoms with Crippen LogP contribution in [0.2, 0.25) is 5.02 Å². The molecule has 0 atom stereocenters. The van der Waals surface area contributed by atoms with Gasteiger partial charge < -0.3 is 5.32 Å². The number of halogens is 1. The van der Waals surface area contributed by atoms with E-state index in [1.165, 1.54) is 0 Å². The van der Waals surface area contributed by atoms with Crippen molar-refractivity contribution in [3.63, 3.8) is 0 Å². The molecule has 3 nitrogen and oxygen atoms in total. The number of aromatic nitrogens is 1. The van der Waals surface area contributed by atoms with E-state index in [1.54, 1.807) is 30.5 Å². The van der Waals surface area contributed by atoms with Crippen molar-refractivity contribution >= 4 is 23.3 Å². The Morgan fingerprint density at radius 2 is 2.12 bits per heavy atom. The summed E-state index contributed by atoms with van der Waals surface area (Å²) in [5.41, 5.74) is 1.56. The molecule has 86 valence electrons. The molecule has 0 saturated carbocycles. The number of nitrogens with one attached hydrogen (secondary N) is 1. The molecule has 0 aliphatic rings. The standard InChI is InChI=1S/C13H11ClN2O/c1-9-5-6-15-12(7-9)16-13(17)10-3-2-4-11(14)8-10/h2-8H,1H3,(H,15,16,17). The van der Waals surface area contributed by atoms with Gasteiger partial charge in [-0.2, -0.15) is 0 Å². The SMILES string of the molecule is Cc1ccnc(NC(=O)c2cccc(Cl)c2)c1. The summed E-state index contributed by atoms with van der Waals surface area (Å²) in [5.74, 6) is 0.320. The number of carbonyl (C=O) groups is 1. The maximum Gasteiger partial charge on any atom is 0.256 e. The molecule has 0 aliphatic heterocycles. The Hall–Kier alpha value is -1.87. The van der Waals surface area contributed by atoms with Crippen LogP contribution in [0.1, 0.15) is 15.9 Å². The smallest absolute Gasteiger partial charge is 0.256 e. The molecule has 0 bridgehead atoms. The predicted molar refractivity (Wildman–Crippen MR) is 68.4 cm³/mol. The highest BCUT2D eigenvalue weighted by molar-refractivity contribution is 6.31. The minimum absolute atomic E-state index is 0.217. The van der Waals surface area contributed by atoms with Crippen LogP contribution >= 0.6 is 11.6 Å². The third-order valence-corrected chi connectivity index (χ3v) is 2.48. The molecule has 4 heteroatoms. The summed E-state index contributed by atoms with van der Waals surface area (Å²) >= 11 is 5.82. The summed E-state index contributed by atoms with van der Waals surface area (Å²) in [4.78, 5) is 15.9. The second-order valence-corrected chi connectivity index (χ2v) is 4.12. The minimum atomic E-state index is -0.217. The number of amides is 1. The van der Waals surface area contributed by atoms with Gasteiger partial charge in [0.25, 0.3) is 5.91 Å². The number of anilines is 1. The van der Waals surface area contributed by atoms with Gasteiger partial charge in [-0.05, 0) is 42.8 Å². The second kappa shape index (κ2) is 4.97. The van der Waals surface area contributed by atoms with Gasteiger partial charge in [0.05, 0.1) is 0 Å². The van der Waals surface area contributed by atoms with Gasteiger partial charge >= 0.3 is 0 Å². The zero-order chi connectivity index (χ0) is 12.3. The first-order valence-electron chi connectivity index (χ1n) is 5.15. The molecule has 1 N–H and O–H groups in total. The summed E-state index contributed by atoms with van der Waals surface area (Å²) in [6, 6.07) is 10.5.